The van der Waals surface area contributed by atoms with Crippen molar-refractivity contribution < 1.29 is 9.18 Å². The molecule has 3 aromatic rings. The fourth-order valence-corrected chi connectivity index (χ4v) is 6.39. The molecule has 2 aromatic carbocycles. The maximum atomic E-state index is 13.9. The zero-order chi connectivity index (χ0) is 26.7. The van der Waals surface area contributed by atoms with Crippen LogP contribution in [0.4, 0.5) is 10.3 Å². The summed E-state index contributed by atoms with van der Waals surface area (Å²) >= 11 is 12.4. The van der Waals surface area contributed by atoms with E-state index in [1.54, 1.807) is 24.4 Å². The predicted molar refractivity (Wildman–Crippen MR) is 150 cm³/mol. The van der Waals surface area contributed by atoms with Crippen molar-refractivity contribution in [3.63, 3.8) is 0 Å². The largest absolute Gasteiger partial charge is 0.351 e. The maximum Gasteiger partial charge on any atom is 0.255 e. The van der Waals surface area contributed by atoms with Gasteiger partial charge in [-0.15, -0.1) is 0 Å². The number of rotatable bonds is 7. The fraction of sp³-hybridized carbons (Fsp3) is 0.433. The number of nitrogens with one attached hydrogen (secondary N) is 2. The highest BCUT2D eigenvalue weighted by Crippen LogP contribution is 2.47. The number of amides is 1. The smallest absolute Gasteiger partial charge is 0.255 e. The van der Waals surface area contributed by atoms with Gasteiger partial charge in [0.2, 0.25) is 5.95 Å². The third-order valence-corrected chi connectivity index (χ3v) is 8.73. The average Bonchev–Trinajstić information content (AvgIpc) is 3.41. The minimum absolute atomic E-state index is 0.248. The first-order chi connectivity index (χ1) is 18.3. The van der Waals surface area contributed by atoms with Crippen LogP contribution < -0.4 is 10.6 Å². The second-order valence-electron chi connectivity index (χ2n) is 10.8. The number of anilines is 1. The van der Waals surface area contributed by atoms with E-state index in [1.807, 2.05) is 12.1 Å². The Kier molecular flexibility index (Phi) is 8.20. The number of carbonyl (C=O) groups is 1. The van der Waals surface area contributed by atoms with Crippen molar-refractivity contribution in [2.75, 3.05) is 5.32 Å². The van der Waals surface area contributed by atoms with E-state index in [4.69, 9.17) is 28.2 Å². The van der Waals surface area contributed by atoms with Gasteiger partial charge >= 0.3 is 0 Å². The lowest BCUT2D eigenvalue weighted by molar-refractivity contribution is 0.0947. The van der Waals surface area contributed by atoms with E-state index < -0.39 is 5.41 Å². The van der Waals surface area contributed by atoms with Gasteiger partial charge in [0, 0.05) is 34.2 Å². The zero-order valence-electron chi connectivity index (χ0n) is 21.6. The van der Waals surface area contributed by atoms with Crippen LogP contribution in [0.15, 0.2) is 48.7 Å². The molecule has 0 spiro atoms. The van der Waals surface area contributed by atoms with Gasteiger partial charge < -0.3 is 10.6 Å². The molecule has 5 nitrogen and oxygen atoms in total. The second kappa shape index (κ2) is 11.6. The van der Waals surface area contributed by atoms with Crippen molar-refractivity contribution in [3.8, 4) is 0 Å². The third-order valence-electron chi connectivity index (χ3n) is 8.14. The Bertz CT molecular complexity index is 1290. The first-order valence-electron chi connectivity index (χ1n) is 13.5. The fourth-order valence-electron chi connectivity index (χ4n) is 5.91. The van der Waals surface area contributed by atoms with Crippen LogP contribution in [-0.2, 0) is 12.0 Å². The molecule has 1 aromatic heterocycles. The molecule has 38 heavy (non-hydrogen) atoms. The molecule has 2 aliphatic rings. The lowest BCUT2D eigenvalue weighted by atomic mass is 9.74. The Balaban J connectivity index is 1.49. The van der Waals surface area contributed by atoms with Crippen molar-refractivity contribution in [1.29, 1.82) is 0 Å². The van der Waals surface area contributed by atoms with Crippen LogP contribution in [-0.4, -0.2) is 21.9 Å². The number of carbonyl (C=O) groups excluding carboxylic acids is 1. The van der Waals surface area contributed by atoms with Crippen molar-refractivity contribution >= 4 is 35.1 Å². The summed E-state index contributed by atoms with van der Waals surface area (Å²) in [4.78, 5) is 23.2. The molecule has 0 unspecified atom stereocenters. The van der Waals surface area contributed by atoms with Crippen LogP contribution in [0.25, 0.3) is 0 Å². The van der Waals surface area contributed by atoms with Crippen molar-refractivity contribution in [2.45, 2.75) is 76.3 Å². The Hall–Kier alpha value is -2.70. The monoisotopic (exact) mass is 554 g/mol. The van der Waals surface area contributed by atoms with E-state index >= 15 is 0 Å². The van der Waals surface area contributed by atoms with Gasteiger partial charge in [-0.2, -0.15) is 0 Å². The van der Waals surface area contributed by atoms with Gasteiger partial charge in [-0.05, 0) is 79.8 Å². The highest BCUT2D eigenvalue weighted by molar-refractivity contribution is 6.35. The summed E-state index contributed by atoms with van der Waals surface area (Å²) in [5, 5.41) is 7.57. The molecule has 2 N–H and O–H groups in total. The van der Waals surface area contributed by atoms with E-state index in [-0.39, 0.29) is 18.3 Å². The van der Waals surface area contributed by atoms with E-state index in [2.05, 4.69) is 22.5 Å². The summed E-state index contributed by atoms with van der Waals surface area (Å²) < 4.78 is 13.9. The Morgan fingerprint density at radius 1 is 1.05 bits per heavy atom. The summed E-state index contributed by atoms with van der Waals surface area (Å²) in [6, 6.07) is 12.2. The number of halogens is 3. The number of hydrogen-bond acceptors (Lipinski definition) is 4. The Morgan fingerprint density at radius 2 is 1.76 bits per heavy atom. The van der Waals surface area contributed by atoms with E-state index in [9.17, 15) is 9.18 Å². The molecule has 200 valence electrons. The van der Waals surface area contributed by atoms with Gasteiger partial charge in [-0.25, -0.2) is 14.4 Å². The van der Waals surface area contributed by atoms with E-state index in [1.165, 1.54) is 25.0 Å². The SMILES string of the molecule is CC1CCC(Nc2ncc(C(=O)NCc3ccc(Cl)cc3Cl)c(C3(c4ccc(F)cc4)CCCC3)n2)CC1. The lowest BCUT2D eigenvalue weighted by Gasteiger charge is -2.32. The minimum Gasteiger partial charge on any atom is -0.351 e. The highest BCUT2D eigenvalue weighted by Gasteiger charge is 2.42. The molecule has 5 rings (SSSR count). The quantitative estimate of drug-likeness (QED) is 0.314. The van der Waals surface area contributed by atoms with Crippen LogP contribution in [0, 0.1) is 11.7 Å². The number of aromatic nitrogens is 2. The topological polar surface area (TPSA) is 66.9 Å². The van der Waals surface area contributed by atoms with Gasteiger partial charge in [0.15, 0.2) is 0 Å². The molecular weight excluding hydrogens is 522 g/mol. The summed E-state index contributed by atoms with van der Waals surface area (Å²) in [5.41, 5.74) is 2.39. The van der Waals surface area contributed by atoms with Crippen molar-refractivity contribution in [2.24, 2.45) is 5.92 Å². The normalized spacial score (nSPS) is 20.7. The molecule has 2 fully saturated rings. The number of benzene rings is 2. The third kappa shape index (κ3) is 5.81. The van der Waals surface area contributed by atoms with Crippen LogP contribution in [0.3, 0.4) is 0 Å². The Morgan fingerprint density at radius 3 is 2.45 bits per heavy atom. The van der Waals surface area contributed by atoms with Gasteiger partial charge in [0.05, 0.1) is 11.3 Å². The first-order valence-corrected chi connectivity index (χ1v) is 14.2. The van der Waals surface area contributed by atoms with Crippen LogP contribution in [0.5, 0.6) is 0 Å². The molecule has 1 amide bonds. The molecule has 2 saturated carbocycles. The standard InChI is InChI=1S/C30H33Cl2FN4O/c1-19-4-12-24(13-5-19)36-29-35-18-25(28(38)34-17-20-6-9-22(31)16-26(20)32)27(37-29)30(14-2-3-15-30)21-7-10-23(33)11-8-21/h6-11,16,18-19,24H,2-5,12-15,17H2,1H3,(H,34,38)(H,35,36,37). The summed E-state index contributed by atoms with van der Waals surface area (Å²) in [7, 11) is 0. The molecule has 8 heteroatoms. The lowest BCUT2D eigenvalue weighted by Crippen LogP contribution is -2.33. The summed E-state index contributed by atoms with van der Waals surface area (Å²) in [5.74, 6) is 0.740. The van der Waals surface area contributed by atoms with Gasteiger partial charge in [0.25, 0.3) is 5.91 Å². The van der Waals surface area contributed by atoms with Gasteiger partial charge in [-0.3, -0.25) is 4.79 Å². The molecule has 0 atom stereocenters. The molecule has 1 heterocycles. The molecule has 2 aliphatic carbocycles. The predicted octanol–water partition coefficient (Wildman–Crippen LogP) is 7.70. The first kappa shape index (κ1) is 26.9. The van der Waals surface area contributed by atoms with Gasteiger partial charge in [0.1, 0.15) is 5.82 Å². The van der Waals surface area contributed by atoms with Crippen molar-refractivity contribution in [3.05, 3.63) is 86.9 Å². The molecule has 0 bridgehead atoms. The van der Waals surface area contributed by atoms with Gasteiger partial charge in [-0.1, -0.05) is 61.2 Å². The molecule has 0 radical (unpaired) electrons. The zero-order valence-corrected chi connectivity index (χ0v) is 23.1. The average molecular weight is 556 g/mol. The number of hydrogen-bond donors (Lipinski definition) is 2. The molecule has 0 aliphatic heterocycles. The van der Waals surface area contributed by atoms with Crippen LogP contribution in [0.2, 0.25) is 10.0 Å². The summed E-state index contributed by atoms with van der Waals surface area (Å²) in [6.07, 6.45) is 9.82. The van der Waals surface area contributed by atoms with Crippen LogP contribution >= 0.6 is 23.2 Å². The molecular formula is C30H33Cl2FN4O. The molecule has 0 saturated heterocycles. The Labute approximate surface area is 233 Å². The summed E-state index contributed by atoms with van der Waals surface area (Å²) in [6.45, 7) is 2.54. The van der Waals surface area contributed by atoms with Crippen molar-refractivity contribution in [1.82, 2.24) is 15.3 Å². The number of nitrogens with zero attached hydrogens (tertiary/aromatic N) is 2. The van der Waals surface area contributed by atoms with Crippen LogP contribution in [0.1, 0.15) is 85.5 Å². The maximum absolute atomic E-state index is 13.9. The van der Waals surface area contributed by atoms with E-state index in [0.29, 0.717) is 33.3 Å². The second-order valence-corrected chi connectivity index (χ2v) is 11.6. The highest BCUT2D eigenvalue weighted by atomic mass is 35.5. The minimum atomic E-state index is -0.487. The van der Waals surface area contributed by atoms with E-state index in [0.717, 1.165) is 55.6 Å².